The Morgan fingerprint density at radius 2 is 2.31 bits per heavy atom. The van der Waals surface area contributed by atoms with Gasteiger partial charge in [-0.15, -0.1) is 0 Å². The van der Waals surface area contributed by atoms with E-state index in [4.69, 9.17) is 0 Å². The maximum atomic E-state index is 13.2. The van der Waals surface area contributed by atoms with Crippen molar-refractivity contribution in [3.63, 3.8) is 0 Å². The molecule has 3 heteroatoms. The van der Waals surface area contributed by atoms with Gasteiger partial charge in [0.15, 0.2) is 0 Å². The minimum absolute atomic E-state index is 0.0602. The molecule has 1 atom stereocenters. The van der Waals surface area contributed by atoms with E-state index in [1.54, 1.807) is 12.1 Å². The fraction of sp³-hybridized carbons (Fsp3) is 0.300. The number of carbonyl (C=O) groups excluding carboxylic acids is 1. The monoisotopic (exact) mass is 244 g/mol. The Morgan fingerprint density at radius 1 is 1.62 bits per heavy atom. The Balaban J connectivity index is 2.97. The van der Waals surface area contributed by atoms with Gasteiger partial charge in [-0.05, 0) is 29.7 Å². The van der Waals surface area contributed by atoms with Crippen LogP contribution in [-0.4, -0.2) is 6.29 Å². The molecule has 1 rings (SSSR count). The van der Waals surface area contributed by atoms with Crippen molar-refractivity contribution in [1.82, 2.24) is 0 Å². The molecule has 0 amide bonds. The second-order valence-corrected chi connectivity index (χ2v) is 3.88. The molecular weight excluding hydrogens is 235 g/mol. The molecular formula is C10H10BrFO. The summed E-state index contributed by atoms with van der Waals surface area (Å²) in [6, 6.07) is 4.76. The smallest absolute Gasteiger partial charge is 0.126 e. The van der Waals surface area contributed by atoms with E-state index in [0.717, 1.165) is 10.8 Å². The van der Waals surface area contributed by atoms with E-state index in [2.05, 4.69) is 15.9 Å². The molecule has 0 aliphatic heterocycles. The van der Waals surface area contributed by atoms with Crippen LogP contribution in [0.1, 0.15) is 24.8 Å². The average Bonchev–Trinajstić information content (AvgIpc) is 2.09. The van der Waals surface area contributed by atoms with Gasteiger partial charge in [-0.25, -0.2) is 4.39 Å². The minimum Gasteiger partial charge on any atom is -0.303 e. The highest BCUT2D eigenvalue weighted by atomic mass is 79.9. The van der Waals surface area contributed by atoms with Crippen molar-refractivity contribution in [2.75, 3.05) is 0 Å². The molecule has 0 aliphatic rings. The van der Waals surface area contributed by atoms with E-state index in [1.165, 1.54) is 6.07 Å². The molecule has 0 spiro atoms. The second-order valence-electron chi connectivity index (χ2n) is 2.97. The quantitative estimate of drug-likeness (QED) is 0.747. The molecule has 0 heterocycles. The number of rotatable bonds is 3. The molecule has 1 aromatic rings. The first-order valence-electron chi connectivity index (χ1n) is 4.03. The summed E-state index contributed by atoms with van der Waals surface area (Å²) in [4.78, 5) is 10.3. The van der Waals surface area contributed by atoms with Crippen LogP contribution in [-0.2, 0) is 4.79 Å². The largest absolute Gasteiger partial charge is 0.303 e. The number of hydrogen-bond acceptors (Lipinski definition) is 1. The predicted octanol–water partition coefficient (Wildman–Crippen LogP) is 3.28. The second kappa shape index (κ2) is 4.51. The molecule has 0 aliphatic carbocycles. The molecule has 70 valence electrons. The lowest BCUT2D eigenvalue weighted by Crippen LogP contribution is -1.97. The Labute approximate surface area is 85.1 Å². The molecule has 13 heavy (non-hydrogen) atoms. The lowest BCUT2D eigenvalue weighted by molar-refractivity contribution is -0.108. The minimum atomic E-state index is -0.252. The van der Waals surface area contributed by atoms with E-state index in [9.17, 15) is 9.18 Å². The van der Waals surface area contributed by atoms with Gasteiger partial charge in [0.2, 0.25) is 0 Å². The first-order chi connectivity index (χ1) is 6.15. The zero-order valence-corrected chi connectivity index (χ0v) is 8.84. The van der Waals surface area contributed by atoms with Crippen LogP contribution in [0.2, 0.25) is 0 Å². The summed E-state index contributed by atoms with van der Waals surface area (Å²) in [6.07, 6.45) is 1.17. The van der Waals surface area contributed by atoms with Crippen LogP contribution >= 0.6 is 15.9 Å². The maximum absolute atomic E-state index is 13.2. The van der Waals surface area contributed by atoms with Gasteiger partial charge in [-0.1, -0.05) is 22.9 Å². The fourth-order valence-corrected chi connectivity index (χ4v) is 1.54. The Kier molecular flexibility index (Phi) is 3.60. The normalized spacial score (nSPS) is 12.5. The Hall–Kier alpha value is -0.700. The van der Waals surface area contributed by atoms with Crippen molar-refractivity contribution in [2.24, 2.45) is 0 Å². The summed E-state index contributed by atoms with van der Waals surface area (Å²) in [7, 11) is 0. The lowest BCUT2D eigenvalue weighted by atomic mass is 9.98. The van der Waals surface area contributed by atoms with E-state index in [-0.39, 0.29) is 11.7 Å². The zero-order chi connectivity index (χ0) is 9.84. The van der Waals surface area contributed by atoms with E-state index < -0.39 is 0 Å². The van der Waals surface area contributed by atoms with Gasteiger partial charge < -0.3 is 4.79 Å². The van der Waals surface area contributed by atoms with Crippen molar-refractivity contribution in [3.05, 3.63) is 34.1 Å². The summed E-state index contributed by atoms with van der Waals surface area (Å²) < 4.78 is 14.0. The van der Waals surface area contributed by atoms with Crippen molar-refractivity contribution < 1.29 is 9.18 Å². The number of hydrogen-bond donors (Lipinski definition) is 0. The highest BCUT2D eigenvalue weighted by Gasteiger charge is 2.10. The first kappa shape index (κ1) is 10.4. The number of benzene rings is 1. The van der Waals surface area contributed by atoms with Crippen molar-refractivity contribution in [2.45, 2.75) is 19.3 Å². The van der Waals surface area contributed by atoms with E-state index >= 15 is 0 Å². The predicted molar refractivity (Wildman–Crippen MR) is 53.2 cm³/mol. The molecule has 0 radical (unpaired) electrons. The fourth-order valence-electron chi connectivity index (χ4n) is 1.16. The summed E-state index contributed by atoms with van der Waals surface area (Å²) in [5.74, 6) is -0.312. The highest BCUT2D eigenvalue weighted by molar-refractivity contribution is 9.10. The average molecular weight is 245 g/mol. The summed E-state index contributed by atoms with van der Waals surface area (Å²) in [5.41, 5.74) is 0.585. The summed E-state index contributed by atoms with van der Waals surface area (Å²) >= 11 is 3.26. The van der Waals surface area contributed by atoms with Gasteiger partial charge in [0.05, 0.1) is 0 Å². The van der Waals surface area contributed by atoms with Gasteiger partial charge in [-0.3, -0.25) is 0 Å². The molecule has 1 nitrogen and oxygen atoms in total. The Morgan fingerprint density at radius 3 is 2.92 bits per heavy atom. The van der Waals surface area contributed by atoms with Gasteiger partial charge in [0.25, 0.3) is 0 Å². The van der Waals surface area contributed by atoms with Crippen LogP contribution in [0.25, 0.3) is 0 Å². The van der Waals surface area contributed by atoms with Crippen LogP contribution in [0, 0.1) is 5.82 Å². The number of carbonyl (C=O) groups is 1. The molecule has 0 fully saturated rings. The third-order valence-electron chi connectivity index (χ3n) is 1.94. The topological polar surface area (TPSA) is 17.1 Å². The van der Waals surface area contributed by atoms with E-state index in [1.807, 2.05) is 6.92 Å². The van der Waals surface area contributed by atoms with Crippen LogP contribution in [0.4, 0.5) is 4.39 Å². The van der Waals surface area contributed by atoms with Gasteiger partial charge in [0.1, 0.15) is 12.1 Å². The standard InChI is InChI=1S/C10H10BrFO/c1-7(4-5-13)9-6-8(11)2-3-10(9)12/h2-3,5-7H,4H2,1H3. The molecule has 1 unspecified atom stereocenters. The lowest BCUT2D eigenvalue weighted by Gasteiger charge is -2.09. The van der Waals surface area contributed by atoms with Crippen molar-refractivity contribution in [3.8, 4) is 0 Å². The first-order valence-corrected chi connectivity index (χ1v) is 4.83. The Bertz CT molecular complexity index is 312. The molecule has 0 saturated carbocycles. The van der Waals surface area contributed by atoms with Gasteiger partial charge >= 0.3 is 0 Å². The molecule has 0 saturated heterocycles. The van der Waals surface area contributed by atoms with Gasteiger partial charge in [0, 0.05) is 10.9 Å². The van der Waals surface area contributed by atoms with Crippen LogP contribution in [0.3, 0.4) is 0 Å². The third-order valence-corrected chi connectivity index (χ3v) is 2.43. The number of halogens is 2. The molecule has 0 N–H and O–H groups in total. The highest BCUT2D eigenvalue weighted by Crippen LogP contribution is 2.24. The molecule has 0 aromatic heterocycles. The molecule has 0 bridgehead atoms. The number of aldehydes is 1. The summed E-state index contributed by atoms with van der Waals surface area (Å²) in [6.45, 7) is 1.83. The van der Waals surface area contributed by atoms with Gasteiger partial charge in [-0.2, -0.15) is 0 Å². The van der Waals surface area contributed by atoms with Crippen molar-refractivity contribution in [1.29, 1.82) is 0 Å². The zero-order valence-electron chi connectivity index (χ0n) is 7.26. The third kappa shape index (κ3) is 2.62. The van der Waals surface area contributed by atoms with Crippen LogP contribution in [0.15, 0.2) is 22.7 Å². The maximum Gasteiger partial charge on any atom is 0.126 e. The summed E-state index contributed by atoms with van der Waals surface area (Å²) in [5, 5.41) is 0. The molecule has 1 aromatic carbocycles. The van der Waals surface area contributed by atoms with Crippen molar-refractivity contribution >= 4 is 22.2 Å². The van der Waals surface area contributed by atoms with Crippen LogP contribution in [0.5, 0.6) is 0 Å². The van der Waals surface area contributed by atoms with Crippen LogP contribution < -0.4 is 0 Å². The SMILES string of the molecule is CC(CC=O)c1cc(Br)ccc1F. The van der Waals surface area contributed by atoms with E-state index in [0.29, 0.717) is 12.0 Å².